The number of rotatable bonds is 16. The monoisotopic (exact) mass is 597 g/mol. The van der Waals surface area contributed by atoms with Crippen LogP contribution in [0.4, 0.5) is 10.1 Å². The zero-order valence-corrected chi connectivity index (χ0v) is 25.3. The maximum absolute atomic E-state index is 14.0. The first-order chi connectivity index (χ1) is 20.2. The Balaban J connectivity index is 1.97. The molecule has 3 rings (SSSR count). The average Bonchev–Trinajstić information content (AvgIpc) is 2.99. The zero-order valence-electron chi connectivity index (χ0n) is 24.5. The minimum Gasteiger partial charge on any atom is -0.494 e. The van der Waals surface area contributed by atoms with Gasteiger partial charge in [0.2, 0.25) is 11.8 Å². The minimum atomic E-state index is -4.26. The van der Waals surface area contributed by atoms with Crippen LogP contribution in [0.2, 0.25) is 0 Å². The van der Waals surface area contributed by atoms with Gasteiger partial charge in [0.05, 0.1) is 17.2 Å². The van der Waals surface area contributed by atoms with E-state index in [-0.39, 0.29) is 23.0 Å². The number of hydrogen-bond acceptors (Lipinski definition) is 5. The number of carbonyl (C=O) groups is 2. The SMILES string of the molecule is CCCCNC(=O)[C@@H](CC)N(CCc1ccccc1)C(=O)CN(c1ccc(F)cc1)S(=O)(=O)c1ccc(OCC)cc1. The lowest BCUT2D eigenvalue weighted by Gasteiger charge is -2.33. The molecule has 1 atom stereocenters. The quantitative estimate of drug-likeness (QED) is 0.230. The molecule has 0 aliphatic carbocycles. The molecule has 0 bridgehead atoms. The standard InChI is InChI=1S/C32H40FN3O5S/c1-4-7-22-34-32(38)30(5-2)35(23-21-25-11-9-8-10-12-25)31(37)24-36(27-15-13-26(33)14-16-27)42(39,40)29-19-17-28(18-20-29)41-6-3/h8-20,30H,4-7,21-24H2,1-3H3,(H,34,38)/t30-/m1/s1. The predicted molar refractivity (Wildman–Crippen MR) is 162 cm³/mol. The van der Waals surface area contributed by atoms with E-state index in [4.69, 9.17) is 4.74 Å². The molecule has 0 heterocycles. The first kappa shape index (κ1) is 32.6. The van der Waals surface area contributed by atoms with E-state index in [0.29, 0.717) is 31.7 Å². The highest BCUT2D eigenvalue weighted by molar-refractivity contribution is 7.92. The van der Waals surface area contributed by atoms with Crippen molar-refractivity contribution in [2.45, 2.75) is 57.4 Å². The Morgan fingerprint density at radius 1 is 0.929 bits per heavy atom. The average molecular weight is 598 g/mol. The van der Waals surface area contributed by atoms with E-state index < -0.39 is 34.3 Å². The lowest BCUT2D eigenvalue weighted by Crippen LogP contribution is -2.53. The van der Waals surface area contributed by atoms with E-state index >= 15 is 0 Å². The summed E-state index contributed by atoms with van der Waals surface area (Å²) in [6, 6.07) is 19.6. The van der Waals surface area contributed by atoms with Crippen LogP contribution < -0.4 is 14.4 Å². The number of nitrogens with one attached hydrogen (secondary N) is 1. The number of hydrogen-bond donors (Lipinski definition) is 1. The molecule has 0 fully saturated rings. The van der Waals surface area contributed by atoms with Crippen molar-refractivity contribution < 1.29 is 27.1 Å². The Kier molecular flexibility index (Phi) is 12.3. The van der Waals surface area contributed by atoms with E-state index in [1.165, 1.54) is 29.2 Å². The lowest BCUT2D eigenvalue weighted by molar-refractivity contribution is -0.139. The summed E-state index contributed by atoms with van der Waals surface area (Å²) in [6.45, 7) is 6.21. The van der Waals surface area contributed by atoms with Crippen LogP contribution in [0, 0.1) is 5.82 Å². The van der Waals surface area contributed by atoms with Gasteiger partial charge in [0.25, 0.3) is 10.0 Å². The number of nitrogens with zero attached hydrogens (tertiary/aromatic N) is 2. The third kappa shape index (κ3) is 8.79. The van der Waals surface area contributed by atoms with Crippen LogP contribution in [-0.2, 0) is 26.0 Å². The molecular formula is C32H40FN3O5S. The predicted octanol–water partition coefficient (Wildman–Crippen LogP) is 5.19. The molecule has 0 aliphatic heterocycles. The highest BCUT2D eigenvalue weighted by Gasteiger charge is 2.33. The van der Waals surface area contributed by atoms with Crippen molar-refractivity contribution >= 4 is 27.5 Å². The zero-order chi connectivity index (χ0) is 30.5. The fourth-order valence-electron chi connectivity index (χ4n) is 4.54. The Hall–Kier alpha value is -3.92. The van der Waals surface area contributed by atoms with Crippen LogP contribution in [-0.4, -0.2) is 57.4 Å². The second-order valence-electron chi connectivity index (χ2n) is 9.78. The molecule has 0 unspecified atom stereocenters. The number of amides is 2. The summed E-state index contributed by atoms with van der Waals surface area (Å²) in [7, 11) is -4.26. The number of halogens is 1. The molecule has 3 aromatic carbocycles. The molecule has 0 spiro atoms. The van der Waals surface area contributed by atoms with Gasteiger partial charge in [-0.15, -0.1) is 0 Å². The van der Waals surface area contributed by atoms with Crippen molar-refractivity contribution in [2.24, 2.45) is 0 Å². The topological polar surface area (TPSA) is 96.0 Å². The van der Waals surface area contributed by atoms with Gasteiger partial charge in [0, 0.05) is 13.1 Å². The molecular weight excluding hydrogens is 557 g/mol. The second-order valence-corrected chi connectivity index (χ2v) is 11.6. The molecule has 0 radical (unpaired) electrons. The molecule has 2 amide bonds. The number of benzene rings is 3. The van der Waals surface area contributed by atoms with Crippen LogP contribution in [0.3, 0.4) is 0 Å². The second kappa shape index (κ2) is 15.9. The Morgan fingerprint density at radius 3 is 2.19 bits per heavy atom. The summed E-state index contributed by atoms with van der Waals surface area (Å²) in [6.07, 6.45) is 2.54. The molecule has 0 aliphatic rings. The summed E-state index contributed by atoms with van der Waals surface area (Å²) in [5, 5.41) is 2.91. The van der Waals surface area contributed by atoms with Gasteiger partial charge < -0.3 is 15.0 Å². The highest BCUT2D eigenvalue weighted by Crippen LogP contribution is 2.26. The third-order valence-corrected chi connectivity index (χ3v) is 8.60. The molecule has 0 saturated heterocycles. The van der Waals surface area contributed by atoms with Gasteiger partial charge >= 0.3 is 0 Å². The summed E-state index contributed by atoms with van der Waals surface area (Å²) < 4.78 is 48.0. The molecule has 10 heteroatoms. The van der Waals surface area contributed by atoms with Gasteiger partial charge in [-0.1, -0.05) is 50.6 Å². The summed E-state index contributed by atoms with van der Waals surface area (Å²) in [5.74, 6) is -0.854. The van der Waals surface area contributed by atoms with Gasteiger partial charge in [-0.25, -0.2) is 12.8 Å². The van der Waals surface area contributed by atoms with Gasteiger partial charge in [-0.05, 0) is 80.3 Å². The van der Waals surface area contributed by atoms with Crippen LogP contribution in [0.5, 0.6) is 5.75 Å². The first-order valence-corrected chi connectivity index (χ1v) is 15.8. The van der Waals surface area contributed by atoms with Crippen molar-refractivity contribution in [1.29, 1.82) is 0 Å². The summed E-state index contributed by atoms with van der Waals surface area (Å²) in [5.41, 5.74) is 1.11. The Labute approximate surface area is 248 Å². The number of ether oxygens (including phenoxy) is 1. The molecule has 42 heavy (non-hydrogen) atoms. The van der Waals surface area contributed by atoms with Gasteiger partial charge in [0.15, 0.2) is 0 Å². The fourth-order valence-corrected chi connectivity index (χ4v) is 5.95. The first-order valence-electron chi connectivity index (χ1n) is 14.3. The number of anilines is 1. The normalized spacial score (nSPS) is 11.9. The van der Waals surface area contributed by atoms with Crippen molar-refractivity contribution in [3.05, 3.63) is 90.2 Å². The number of carbonyl (C=O) groups excluding carboxylic acids is 2. The molecule has 0 saturated carbocycles. The van der Waals surface area contributed by atoms with Crippen LogP contribution in [0.1, 0.15) is 45.6 Å². The van der Waals surface area contributed by atoms with Crippen LogP contribution in [0.25, 0.3) is 0 Å². The maximum Gasteiger partial charge on any atom is 0.264 e. The van der Waals surface area contributed by atoms with Crippen molar-refractivity contribution in [3.63, 3.8) is 0 Å². The Bertz CT molecular complexity index is 1380. The van der Waals surface area contributed by atoms with E-state index in [1.807, 2.05) is 51.1 Å². The molecule has 226 valence electrons. The molecule has 3 aromatic rings. The minimum absolute atomic E-state index is 0.0525. The van der Waals surface area contributed by atoms with E-state index in [2.05, 4.69) is 5.32 Å². The van der Waals surface area contributed by atoms with Gasteiger partial charge in [-0.3, -0.25) is 13.9 Å². The van der Waals surface area contributed by atoms with E-state index in [9.17, 15) is 22.4 Å². The fraction of sp³-hybridized carbons (Fsp3) is 0.375. The van der Waals surface area contributed by atoms with Gasteiger partial charge in [0.1, 0.15) is 24.2 Å². The van der Waals surface area contributed by atoms with Crippen molar-refractivity contribution in [3.8, 4) is 5.75 Å². The van der Waals surface area contributed by atoms with Crippen LogP contribution >= 0.6 is 0 Å². The van der Waals surface area contributed by atoms with E-state index in [0.717, 1.165) is 34.8 Å². The van der Waals surface area contributed by atoms with E-state index in [1.54, 1.807) is 12.1 Å². The van der Waals surface area contributed by atoms with Crippen molar-refractivity contribution in [2.75, 3.05) is 30.5 Å². The maximum atomic E-state index is 14.0. The molecule has 1 N–H and O–H groups in total. The van der Waals surface area contributed by atoms with Crippen LogP contribution in [0.15, 0.2) is 83.8 Å². The third-order valence-electron chi connectivity index (χ3n) is 6.82. The summed E-state index contributed by atoms with van der Waals surface area (Å²) >= 11 is 0. The highest BCUT2D eigenvalue weighted by atomic mass is 32.2. The smallest absolute Gasteiger partial charge is 0.264 e. The molecule has 8 nitrogen and oxygen atoms in total. The largest absolute Gasteiger partial charge is 0.494 e. The van der Waals surface area contributed by atoms with Crippen molar-refractivity contribution in [1.82, 2.24) is 10.2 Å². The van der Waals surface area contributed by atoms with Gasteiger partial charge in [-0.2, -0.15) is 0 Å². The summed E-state index contributed by atoms with van der Waals surface area (Å²) in [4.78, 5) is 28.6. The number of unbranched alkanes of at least 4 members (excludes halogenated alkanes) is 1. The lowest BCUT2D eigenvalue weighted by atomic mass is 10.1. The Morgan fingerprint density at radius 2 is 1.60 bits per heavy atom. The molecule has 0 aromatic heterocycles. The number of sulfonamides is 1.